The number of ether oxygens (including phenoxy) is 1. The van der Waals surface area contributed by atoms with Crippen LogP contribution in [0, 0.1) is 40.4 Å². The van der Waals surface area contributed by atoms with Crippen molar-refractivity contribution in [3.8, 4) is 0 Å². The molecule has 7 unspecified atom stereocenters. The summed E-state index contributed by atoms with van der Waals surface area (Å²) in [6.45, 7) is 8.50. The van der Waals surface area contributed by atoms with Gasteiger partial charge in [0.25, 0.3) is 0 Å². The van der Waals surface area contributed by atoms with Crippen molar-refractivity contribution in [2.45, 2.75) is 78.7 Å². The molecule has 0 aliphatic heterocycles. The Hall–Kier alpha value is -0.530. The van der Waals surface area contributed by atoms with Gasteiger partial charge in [0.1, 0.15) is 6.10 Å². The van der Waals surface area contributed by atoms with Crippen molar-refractivity contribution < 1.29 is 9.53 Å². The molecule has 0 amide bonds. The van der Waals surface area contributed by atoms with E-state index in [1.165, 1.54) is 32.1 Å². The monoisotopic (exact) mass is 304 g/mol. The Morgan fingerprint density at radius 2 is 1.86 bits per heavy atom. The lowest BCUT2D eigenvalue weighted by Crippen LogP contribution is -2.46. The van der Waals surface area contributed by atoms with Crippen molar-refractivity contribution in [1.29, 1.82) is 0 Å². The summed E-state index contributed by atoms with van der Waals surface area (Å²) < 4.78 is 6.17. The van der Waals surface area contributed by atoms with E-state index in [2.05, 4.69) is 13.8 Å². The zero-order valence-corrected chi connectivity index (χ0v) is 14.7. The Morgan fingerprint density at radius 1 is 1.14 bits per heavy atom. The number of fused-ring (bicyclic) bond motifs is 9. The fourth-order valence-corrected chi connectivity index (χ4v) is 6.93. The number of rotatable bonds is 4. The molecule has 0 aromatic heterocycles. The van der Waals surface area contributed by atoms with Gasteiger partial charge in [0.05, 0.1) is 5.41 Å². The van der Waals surface area contributed by atoms with Crippen molar-refractivity contribution in [3.05, 3.63) is 0 Å². The third kappa shape index (κ3) is 1.76. The predicted molar refractivity (Wildman–Crippen MR) is 87.2 cm³/mol. The number of hydrogen-bond donors (Lipinski definition) is 0. The summed E-state index contributed by atoms with van der Waals surface area (Å²) in [6, 6.07) is 0. The molecule has 22 heavy (non-hydrogen) atoms. The summed E-state index contributed by atoms with van der Waals surface area (Å²) in [5.41, 5.74) is -0.000497. The van der Waals surface area contributed by atoms with E-state index in [1.807, 2.05) is 13.8 Å². The second kappa shape index (κ2) is 4.74. The molecule has 4 rings (SSSR count). The van der Waals surface area contributed by atoms with Gasteiger partial charge in [-0.1, -0.05) is 13.8 Å². The van der Waals surface area contributed by atoms with Crippen LogP contribution in [0.3, 0.4) is 0 Å². The van der Waals surface area contributed by atoms with Crippen molar-refractivity contribution in [1.82, 2.24) is 0 Å². The molecule has 0 N–H and O–H groups in total. The van der Waals surface area contributed by atoms with Gasteiger partial charge >= 0.3 is 5.97 Å². The van der Waals surface area contributed by atoms with Crippen molar-refractivity contribution in [2.75, 3.05) is 0 Å². The second-order valence-corrected chi connectivity index (χ2v) is 9.35. The average molecular weight is 304 g/mol. The normalized spacial score (nSPS) is 48.7. The van der Waals surface area contributed by atoms with Gasteiger partial charge in [0.2, 0.25) is 0 Å². The minimum atomic E-state index is -0.329. The predicted octanol–water partition coefficient (Wildman–Crippen LogP) is 4.82. The summed E-state index contributed by atoms with van der Waals surface area (Å²) in [6.07, 6.45) is 9.18. The Labute approximate surface area is 135 Å². The van der Waals surface area contributed by atoms with Gasteiger partial charge < -0.3 is 4.74 Å². The van der Waals surface area contributed by atoms with E-state index in [1.54, 1.807) is 0 Å². The first-order valence-electron chi connectivity index (χ1n) is 9.64. The molecule has 7 atom stereocenters. The minimum Gasteiger partial charge on any atom is -0.461 e. The summed E-state index contributed by atoms with van der Waals surface area (Å²) in [5.74, 6) is 4.70. The van der Waals surface area contributed by atoms with Crippen LogP contribution in [0.4, 0.5) is 0 Å². The Morgan fingerprint density at radius 3 is 2.55 bits per heavy atom. The second-order valence-electron chi connectivity index (χ2n) is 9.35. The summed E-state index contributed by atoms with van der Waals surface area (Å²) in [5, 5.41) is 0. The van der Waals surface area contributed by atoms with Crippen LogP contribution in [0.25, 0.3) is 0 Å². The highest BCUT2D eigenvalue weighted by Gasteiger charge is 2.69. The van der Waals surface area contributed by atoms with E-state index in [-0.39, 0.29) is 17.5 Å². The molecule has 0 aromatic carbocycles. The van der Waals surface area contributed by atoms with Gasteiger partial charge in [-0.25, -0.2) is 0 Å². The van der Waals surface area contributed by atoms with Gasteiger partial charge in [-0.15, -0.1) is 0 Å². The third-order valence-corrected chi connectivity index (χ3v) is 8.33. The molecule has 0 aromatic rings. The summed E-state index contributed by atoms with van der Waals surface area (Å²) in [4.78, 5) is 12.6. The van der Waals surface area contributed by atoms with Crippen LogP contribution in [0.5, 0.6) is 0 Å². The molecule has 2 nitrogen and oxygen atoms in total. The van der Waals surface area contributed by atoms with Gasteiger partial charge in [-0.05, 0) is 88.4 Å². The molecule has 0 radical (unpaired) electrons. The lowest BCUT2D eigenvalue weighted by molar-refractivity contribution is -0.172. The molecular formula is C20H32O2. The molecule has 4 bridgehead atoms. The van der Waals surface area contributed by atoms with E-state index in [0.29, 0.717) is 5.41 Å². The molecule has 0 saturated heterocycles. The van der Waals surface area contributed by atoms with Crippen LogP contribution < -0.4 is 0 Å². The summed E-state index contributed by atoms with van der Waals surface area (Å²) in [7, 11) is 0. The van der Waals surface area contributed by atoms with Gasteiger partial charge in [-0.3, -0.25) is 4.79 Å². The van der Waals surface area contributed by atoms with Crippen LogP contribution in [-0.2, 0) is 9.53 Å². The molecule has 4 fully saturated rings. The Balaban J connectivity index is 1.58. The zero-order valence-electron chi connectivity index (χ0n) is 14.7. The summed E-state index contributed by atoms with van der Waals surface area (Å²) >= 11 is 0. The van der Waals surface area contributed by atoms with E-state index < -0.39 is 0 Å². The maximum atomic E-state index is 12.6. The number of carbonyl (C=O) groups is 1. The number of esters is 1. The average Bonchev–Trinajstić information content (AvgIpc) is 3.24. The first kappa shape index (κ1) is 15.0. The van der Waals surface area contributed by atoms with Crippen LogP contribution in [0.2, 0.25) is 0 Å². The van der Waals surface area contributed by atoms with Gasteiger partial charge in [-0.2, -0.15) is 0 Å². The molecule has 0 heterocycles. The van der Waals surface area contributed by atoms with E-state index in [0.717, 1.165) is 42.4 Å². The third-order valence-electron chi connectivity index (χ3n) is 8.33. The van der Waals surface area contributed by atoms with Gasteiger partial charge in [0.15, 0.2) is 0 Å². The number of carbonyl (C=O) groups excluding carboxylic acids is 1. The molecule has 4 aliphatic carbocycles. The maximum Gasteiger partial charge on any atom is 0.311 e. The van der Waals surface area contributed by atoms with Crippen molar-refractivity contribution >= 4 is 5.97 Å². The van der Waals surface area contributed by atoms with Gasteiger partial charge in [0, 0.05) is 5.41 Å². The molecular weight excluding hydrogens is 272 g/mol. The lowest BCUT2D eigenvalue weighted by atomic mass is 9.62. The van der Waals surface area contributed by atoms with Crippen LogP contribution in [0.1, 0.15) is 72.6 Å². The highest BCUT2D eigenvalue weighted by molar-refractivity contribution is 5.76. The minimum absolute atomic E-state index is 0.0417. The molecule has 0 spiro atoms. The Kier molecular flexibility index (Phi) is 3.24. The van der Waals surface area contributed by atoms with Crippen LogP contribution >= 0.6 is 0 Å². The molecule has 4 saturated carbocycles. The highest BCUT2D eigenvalue weighted by Crippen LogP contribution is 2.73. The SMILES string of the molecule is CCC(C)(C)C(=O)OC1CC2CC1(CC)C1C3CCC(C3)C21. The fraction of sp³-hybridized carbons (Fsp3) is 0.950. The lowest BCUT2D eigenvalue weighted by Gasteiger charge is -2.46. The standard InChI is InChI=1S/C20H32O2/c1-5-19(3,4)18(21)22-15-10-14-11-20(15,6-2)17-13-8-7-12(9-13)16(14)17/h12-17H,5-11H2,1-4H3. The van der Waals surface area contributed by atoms with E-state index in [4.69, 9.17) is 4.74 Å². The highest BCUT2D eigenvalue weighted by atomic mass is 16.5. The first-order valence-corrected chi connectivity index (χ1v) is 9.64. The van der Waals surface area contributed by atoms with E-state index in [9.17, 15) is 4.79 Å². The van der Waals surface area contributed by atoms with Crippen molar-refractivity contribution in [3.63, 3.8) is 0 Å². The smallest absolute Gasteiger partial charge is 0.311 e. The zero-order chi connectivity index (χ0) is 15.7. The van der Waals surface area contributed by atoms with Crippen LogP contribution in [-0.4, -0.2) is 12.1 Å². The number of hydrogen-bond acceptors (Lipinski definition) is 2. The fourth-order valence-electron chi connectivity index (χ4n) is 6.93. The molecule has 2 heteroatoms. The largest absolute Gasteiger partial charge is 0.461 e. The van der Waals surface area contributed by atoms with E-state index >= 15 is 0 Å². The Bertz CT molecular complexity index is 482. The first-order chi connectivity index (χ1) is 10.4. The van der Waals surface area contributed by atoms with Crippen molar-refractivity contribution in [2.24, 2.45) is 40.4 Å². The molecule has 124 valence electrons. The quantitative estimate of drug-likeness (QED) is 0.550. The maximum absolute atomic E-state index is 12.6. The van der Waals surface area contributed by atoms with Crippen LogP contribution in [0.15, 0.2) is 0 Å². The topological polar surface area (TPSA) is 26.3 Å². The molecule has 4 aliphatic rings.